The molecule has 0 N–H and O–H groups in total. The van der Waals surface area contributed by atoms with E-state index in [1.807, 2.05) is 34.0 Å². The molecule has 7 heteroatoms. The second-order valence-corrected chi connectivity index (χ2v) is 20.4. The van der Waals surface area contributed by atoms with Crippen LogP contribution in [0.25, 0.3) is 104 Å². The average Bonchev–Trinajstić information content (AvgIpc) is 4.19. The molecule has 4 nitrogen and oxygen atoms in total. The van der Waals surface area contributed by atoms with Crippen molar-refractivity contribution in [1.29, 1.82) is 0 Å². The summed E-state index contributed by atoms with van der Waals surface area (Å²) in [5, 5.41) is 11.9. The number of hydrogen-bond acceptors (Lipinski definition) is 7. The van der Waals surface area contributed by atoms with E-state index < -0.39 is 0 Å². The summed E-state index contributed by atoms with van der Waals surface area (Å²) in [6.45, 7) is 0. The zero-order chi connectivity index (χ0) is 43.7. The first-order chi connectivity index (χ1) is 33.2. The first-order valence-corrected chi connectivity index (χ1v) is 24.8. The van der Waals surface area contributed by atoms with Crippen LogP contribution in [-0.4, -0.2) is 0 Å². The van der Waals surface area contributed by atoms with E-state index in [2.05, 4.69) is 216 Å². The number of benzene rings is 10. The van der Waals surface area contributed by atoms with Crippen molar-refractivity contribution < 1.29 is 8.83 Å². The number of para-hydroxylation sites is 2. The number of furan rings is 2. The van der Waals surface area contributed by atoms with Crippen molar-refractivity contribution in [3.05, 3.63) is 206 Å². The molecule has 0 saturated heterocycles. The Bertz CT molecular complexity index is 4190. The number of rotatable bonds is 6. The van der Waals surface area contributed by atoms with E-state index >= 15 is 0 Å². The van der Waals surface area contributed by atoms with E-state index in [-0.39, 0.29) is 0 Å². The predicted octanol–water partition coefficient (Wildman–Crippen LogP) is 19.5. The summed E-state index contributed by atoms with van der Waals surface area (Å²) in [5.41, 5.74) is 10.1. The molecule has 0 aliphatic heterocycles. The molecule has 0 radical (unpaired) electrons. The third kappa shape index (κ3) is 5.63. The summed E-state index contributed by atoms with van der Waals surface area (Å²) >= 11 is 5.51. The third-order valence-corrected chi connectivity index (χ3v) is 16.8. The molecule has 0 spiro atoms. The van der Waals surface area contributed by atoms with Gasteiger partial charge in [0.05, 0.1) is 11.4 Å². The van der Waals surface area contributed by atoms with E-state index in [0.29, 0.717) is 0 Å². The monoisotopic (exact) mass is 910 g/mol. The number of fused-ring (bicyclic) bond motifs is 15. The molecule has 0 aliphatic rings. The Morgan fingerprint density at radius 1 is 0.254 bits per heavy atom. The van der Waals surface area contributed by atoms with E-state index in [4.69, 9.17) is 8.83 Å². The largest absolute Gasteiger partial charge is 0.456 e. The van der Waals surface area contributed by atoms with Crippen molar-refractivity contribution in [3.63, 3.8) is 0 Å². The van der Waals surface area contributed by atoms with E-state index in [1.54, 1.807) is 0 Å². The fourth-order valence-electron chi connectivity index (χ4n) is 10.5. The summed E-state index contributed by atoms with van der Waals surface area (Å²) in [6, 6.07) is 74.4. The maximum atomic E-state index is 6.83. The molecule has 67 heavy (non-hydrogen) atoms. The minimum Gasteiger partial charge on any atom is -0.456 e. The number of anilines is 6. The van der Waals surface area contributed by atoms with Crippen molar-refractivity contribution in [2.45, 2.75) is 0 Å². The lowest BCUT2D eigenvalue weighted by Crippen LogP contribution is -2.10. The topological polar surface area (TPSA) is 32.8 Å². The van der Waals surface area contributed by atoms with Crippen LogP contribution in [0.15, 0.2) is 215 Å². The fourth-order valence-corrected chi connectivity index (χ4v) is 13.9. The molecular weight excluding hydrogens is 877 g/mol. The van der Waals surface area contributed by atoms with Gasteiger partial charge in [0.2, 0.25) is 0 Å². The minimum atomic E-state index is 0.862. The maximum absolute atomic E-state index is 6.83. The molecule has 15 rings (SSSR count). The van der Waals surface area contributed by atoms with E-state index in [0.717, 1.165) is 78.0 Å². The molecule has 0 aliphatic carbocycles. The van der Waals surface area contributed by atoms with E-state index in [1.165, 1.54) is 60.5 Å². The van der Waals surface area contributed by atoms with Crippen LogP contribution < -0.4 is 9.80 Å². The molecule has 0 atom stereocenters. The molecule has 0 bridgehead atoms. The van der Waals surface area contributed by atoms with Gasteiger partial charge in [-0.2, -0.15) is 0 Å². The highest BCUT2D eigenvalue weighted by atomic mass is 32.1. The Hall–Kier alpha value is -7.94. The predicted molar refractivity (Wildman–Crippen MR) is 289 cm³/mol. The number of nitrogens with zero attached hydrogens (tertiary/aromatic N) is 2. The molecule has 5 heterocycles. The summed E-state index contributed by atoms with van der Waals surface area (Å²) in [4.78, 5) is 4.74. The number of hydrogen-bond donors (Lipinski definition) is 0. The second-order valence-electron chi connectivity index (χ2n) is 17.2. The SMILES string of the molecule is c1ccc(N(c2ccc3c(c2)oc2cc4c(cc23)sc2cc3c(cc24)oc2cc(N(c4ccccc4)c4cccc5sc6ccccc6c45)ccc23)c2cccc3sc4ccccc4c23)cc1. The Morgan fingerprint density at radius 2 is 0.657 bits per heavy atom. The van der Waals surface area contributed by atoms with Crippen molar-refractivity contribution in [3.8, 4) is 0 Å². The molecule has 0 fully saturated rings. The lowest BCUT2D eigenvalue weighted by atomic mass is 10.1. The van der Waals surface area contributed by atoms with Crippen molar-refractivity contribution >= 4 is 173 Å². The molecule has 5 aromatic heterocycles. The second kappa shape index (κ2) is 14.3. The van der Waals surface area contributed by atoms with Crippen LogP contribution in [0.4, 0.5) is 34.1 Å². The Labute approximate surface area is 395 Å². The van der Waals surface area contributed by atoms with Crippen LogP contribution in [0.2, 0.25) is 0 Å². The van der Waals surface area contributed by atoms with Crippen LogP contribution in [0.1, 0.15) is 0 Å². The quantitative estimate of drug-likeness (QED) is 0.166. The Balaban J connectivity index is 0.852. The first-order valence-electron chi connectivity index (χ1n) is 22.4. The van der Waals surface area contributed by atoms with Crippen LogP contribution in [0.3, 0.4) is 0 Å². The Kier molecular flexibility index (Phi) is 7.95. The van der Waals surface area contributed by atoms with Crippen LogP contribution in [-0.2, 0) is 0 Å². The van der Waals surface area contributed by atoms with Gasteiger partial charge in [0, 0.05) is 117 Å². The van der Waals surface area contributed by atoms with Crippen LogP contribution in [0.5, 0.6) is 0 Å². The van der Waals surface area contributed by atoms with Crippen LogP contribution >= 0.6 is 34.0 Å². The summed E-state index contributed by atoms with van der Waals surface area (Å²) in [7, 11) is 0. The molecule has 314 valence electrons. The molecule has 0 unspecified atom stereocenters. The van der Waals surface area contributed by atoms with Gasteiger partial charge in [-0.25, -0.2) is 0 Å². The van der Waals surface area contributed by atoms with Crippen molar-refractivity contribution in [2.24, 2.45) is 0 Å². The number of thiophene rings is 3. The zero-order valence-corrected chi connectivity index (χ0v) is 38.0. The zero-order valence-electron chi connectivity index (χ0n) is 35.6. The molecular formula is C60H34N2O2S3. The first kappa shape index (κ1) is 37.3. The highest BCUT2D eigenvalue weighted by Crippen LogP contribution is 2.49. The average molecular weight is 911 g/mol. The van der Waals surface area contributed by atoms with Gasteiger partial charge in [0.25, 0.3) is 0 Å². The minimum absolute atomic E-state index is 0.862. The summed E-state index contributed by atoms with van der Waals surface area (Å²) in [5.74, 6) is 0. The van der Waals surface area contributed by atoms with Crippen molar-refractivity contribution in [1.82, 2.24) is 0 Å². The molecule has 15 aromatic rings. The van der Waals surface area contributed by atoms with Gasteiger partial charge in [-0.05, 0) is 109 Å². The standard InChI is InChI=1S/C60H34N2O2S3/c1-3-13-35(14-4-1)61(47-19-11-23-55-59(47)41-17-7-9-21-53(41)65-55)37-25-27-39-43-33-57-45(31-51(43)63-49(39)29-37)46-32-52-44(34-58(46)67-57)40-28-26-38(30-50(40)64-52)62(36-15-5-2-6-16-36)48-20-12-24-56-60(48)42-18-8-10-22-54(42)66-56/h1-34H. The van der Waals surface area contributed by atoms with Crippen LogP contribution in [0, 0.1) is 0 Å². The van der Waals surface area contributed by atoms with Gasteiger partial charge >= 0.3 is 0 Å². The maximum Gasteiger partial charge on any atom is 0.137 e. The molecule has 0 saturated carbocycles. The lowest BCUT2D eigenvalue weighted by molar-refractivity contribution is 0.669. The third-order valence-electron chi connectivity index (χ3n) is 13.4. The highest BCUT2D eigenvalue weighted by molar-refractivity contribution is 7.26. The highest BCUT2D eigenvalue weighted by Gasteiger charge is 2.23. The lowest BCUT2D eigenvalue weighted by Gasteiger charge is -2.26. The van der Waals surface area contributed by atoms with E-state index in [9.17, 15) is 0 Å². The van der Waals surface area contributed by atoms with Gasteiger partial charge in [0.1, 0.15) is 22.3 Å². The molecule has 0 amide bonds. The van der Waals surface area contributed by atoms with Gasteiger partial charge in [-0.1, -0.05) is 84.9 Å². The van der Waals surface area contributed by atoms with Gasteiger partial charge < -0.3 is 18.6 Å². The smallest absolute Gasteiger partial charge is 0.137 e. The van der Waals surface area contributed by atoms with Crippen molar-refractivity contribution in [2.75, 3.05) is 9.80 Å². The summed E-state index contributed by atoms with van der Waals surface area (Å²) < 4.78 is 21.2. The Morgan fingerprint density at radius 3 is 1.13 bits per heavy atom. The van der Waals surface area contributed by atoms with Gasteiger partial charge in [-0.15, -0.1) is 34.0 Å². The van der Waals surface area contributed by atoms with Gasteiger partial charge in [0.15, 0.2) is 0 Å². The fraction of sp³-hybridized carbons (Fsp3) is 0. The van der Waals surface area contributed by atoms with Gasteiger partial charge in [-0.3, -0.25) is 0 Å². The summed E-state index contributed by atoms with van der Waals surface area (Å²) in [6.07, 6.45) is 0. The molecule has 10 aromatic carbocycles. The normalized spacial score (nSPS) is 12.2.